The summed E-state index contributed by atoms with van der Waals surface area (Å²) >= 11 is 0. The van der Waals surface area contributed by atoms with Crippen molar-refractivity contribution < 1.29 is 53.0 Å². The number of halogens is 6. The van der Waals surface area contributed by atoms with E-state index in [1.165, 1.54) is 6.92 Å². The van der Waals surface area contributed by atoms with Gasteiger partial charge >= 0.3 is 17.9 Å². The van der Waals surface area contributed by atoms with Crippen LogP contribution in [0.25, 0.3) is 0 Å². The zero-order valence-electron chi connectivity index (χ0n) is 10.7. The minimum absolute atomic E-state index is 0. The van der Waals surface area contributed by atoms with Crippen molar-refractivity contribution in [1.82, 2.24) is 0 Å². The first-order valence-electron chi connectivity index (χ1n) is 5.12. The van der Waals surface area contributed by atoms with Crippen LogP contribution in [-0.2, 0) is 26.7 Å². The molecule has 0 aromatic carbocycles. The number of alkyl halides is 6. The molecule has 0 aromatic heterocycles. The summed E-state index contributed by atoms with van der Waals surface area (Å²) in [5.74, 6) is -14.2. The number of hydrogen-bond acceptors (Lipinski definition) is 2. The van der Waals surface area contributed by atoms with Crippen molar-refractivity contribution in [3.8, 4) is 0 Å². The van der Waals surface area contributed by atoms with Gasteiger partial charge in [-0.05, 0) is 20.8 Å². The van der Waals surface area contributed by atoms with Crippen molar-refractivity contribution in [3.05, 3.63) is 10.8 Å². The fraction of sp³-hybridized carbons (Fsp3) is 0.600. The van der Waals surface area contributed by atoms with Gasteiger partial charge in [0.05, 0.1) is 9.52 Å². The summed E-state index contributed by atoms with van der Waals surface area (Å²) in [4.78, 5) is 21.4. The van der Waals surface area contributed by atoms with Crippen molar-refractivity contribution in [3.63, 3.8) is 0 Å². The Morgan fingerprint density at radius 2 is 1.40 bits per heavy atom. The molecular weight excluding hydrogens is 358 g/mol. The summed E-state index contributed by atoms with van der Waals surface area (Å²) in [6.45, 7) is 4.52. The van der Waals surface area contributed by atoms with Gasteiger partial charge in [0.2, 0.25) is 5.78 Å². The van der Waals surface area contributed by atoms with Gasteiger partial charge in [-0.1, -0.05) is 10.8 Å². The molecule has 0 amide bonds. The Kier molecular flexibility index (Phi) is 8.04. The van der Waals surface area contributed by atoms with Crippen molar-refractivity contribution in [2.24, 2.45) is 0 Å². The topological polar surface area (TPSA) is 34.1 Å². The normalized spacial score (nSPS) is 13.8. The van der Waals surface area contributed by atoms with Crippen LogP contribution in [0.5, 0.6) is 0 Å². The van der Waals surface area contributed by atoms with Crippen LogP contribution in [0.2, 0.25) is 0 Å². The van der Waals surface area contributed by atoms with Crippen LogP contribution < -0.4 is 0 Å². The number of carbonyl (C=O) groups is 2. The van der Waals surface area contributed by atoms with Gasteiger partial charge < -0.3 is 0 Å². The predicted octanol–water partition coefficient (Wildman–Crippen LogP) is 2.10. The Hall–Kier alpha value is -0.604. The van der Waals surface area contributed by atoms with Crippen LogP contribution in [0.15, 0.2) is 10.8 Å². The molecule has 0 rings (SSSR count). The molecule has 0 aromatic rings. The number of ketones is 2. The summed E-state index contributed by atoms with van der Waals surface area (Å²) in [6, 6.07) is 0. The molecule has 0 saturated carbocycles. The van der Waals surface area contributed by atoms with E-state index in [1.54, 1.807) is 13.8 Å². The number of hydrogen-bond donors (Lipinski definition) is 0. The number of allylic oxidation sites excluding steroid dienone is 2. The zero-order chi connectivity index (χ0) is 15.6. The van der Waals surface area contributed by atoms with Crippen molar-refractivity contribution in [2.45, 2.75) is 38.7 Å². The summed E-state index contributed by atoms with van der Waals surface area (Å²) < 4.78 is 74.8. The second kappa shape index (κ2) is 7.42. The maximum absolute atomic E-state index is 13.3. The molecule has 10 heteroatoms. The molecule has 0 fully saturated rings. The quantitative estimate of drug-likeness (QED) is 0.422. The van der Waals surface area contributed by atoms with Gasteiger partial charge in [0, 0.05) is 17.1 Å². The van der Waals surface area contributed by atoms with Crippen LogP contribution >= 0.6 is 0 Å². The maximum atomic E-state index is 13.3. The standard InChI is InChI=1S/C10H12F6O2Si.Cu/c1-4(2)5(3)19-7(11)6(17)9(12,13)8(18)10(14,15)16;/h7H,19H2,1-3H3;. The van der Waals surface area contributed by atoms with E-state index in [0.29, 0.717) is 10.8 Å². The Morgan fingerprint density at radius 1 is 1.00 bits per heavy atom. The van der Waals surface area contributed by atoms with E-state index >= 15 is 0 Å². The fourth-order valence-electron chi connectivity index (χ4n) is 1.05. The summed E-state index contributed by atoms with van der Waals surface area (Å²) in [5.41, 5.74) is 0.604. The molecule has 1 atom stereocenters. The Bertz CT molecular complexity index is 414. The van der Waals surface area contributed by atoms with Gasteiger partial charge in [-0.25, -0.2) is 4.39 Å². The first kappa shape index (κ1) is 21.7. The van der Waals surface area contributed by atoms with Crippen LogP contribution in [0, 0.1) is 0 Å². The molecule has 0 aliphatic rings. The molecule has 121 valence electrons. The van der Waals surface area contributed by atoms with E-state index in [4.69, 9.17) is 0 Å². The zero-order valence-corrected chi connectivity index (χ0v) is 13.0. The number of carbonyl (C=O) groups excluding carboxylic acids is 2. The fourth-order valence-corrected chi connectivity index (χ4v) is 2.44. The molecule has 0 N–H and O–H groups in total. The predicted molar refractivity (Wildman–Crippen MR) is 58.5 cm³/mol. The van der Waals surface area contributed by atoms with Crippen molar-refractivity contribution in [1.29, 1.82) is 0 Å². The van der Waals surface area contributed by atoms with Gasteiger partial charge in [-0.2, -0.15) is 22.0 Å². The van der Waals surface area contributed by atoms with E-state index in [9.17, 15) is 35.9 Å². The summed E-state index contributed by atoms with van der Waals surface area (Å²) in [6.07, 6.45) is -5.88. The molecule has 0 aliphatic carbocycles. The monoisotopic (exact) mass is 369 g/mol. The average Bonchev–Trinajstić information content (AvgIpc) is 2.25. The van der Waals surface area contributed by atoms with Crippen LogP contribution in [0.4, 0.5) is 26.3 Å². The number of Topliss-reactive ketones (excluding diaryl/α,β-unsaturated/α-hetero) is 2. The van der Waals surface area contributed by atoms with Gasteiger partial charge in [0.15, 0.2) is 5.79 Å². The first-order valence-corrected chi connectivity index (χ1v) is 6.65. The summed E-state index contributed by atoms with van der Waals surface area (Å²) in [5, 5.41) is 0.385. The molecule has 0 aliphatic heterocycles. The largest absolute Gasteiger partial charge is 0.456 e. The van der Waals surface area contributed by atoms with E-state index in [1.807, 2.05) is 0 Å². The van der Waals surface area contributed by atoms with Crippen LogP contribution in [0.1, 0.15) is 20.8 Å². The second-order valence-electron chi connectivity index (χ2n) is 4.22. The molecular formula is C10H12CuF6O2Si. The molecule has 20 heavy (non-hydrogen) atoms. The number of rotatable bonds is 5. The molecule has 0 spiro atoms. The minimum Gasteiger partial charge on any atom is -0.289 e. The molecule has 1 unspecified atom stereocenters. The van der Waals surface area contributed by atoms with E-state index in [-0.39, 0.29) is 17.1 Å². The molecule has 2 nitrogen and oxygen atoms in total. The van der Waals surface area contributed by atoms with Gasteiger partial charge in [-0.15, -0.1) is 0 Å². The van der Waals surface area contributed by atoms with E-state index in [2.05, 4.69) is 0 Å². The molecule has 0 saturated heterocycles. The minimum atomic E-state index is -5.88. The maximum Gasteiger partial charge on any atom is 0.456 e. The SMILES string of the molecule is CC(C)=C(C)[SiH2]C(F)C(=O)C(F)(F)C(=O)C(F)(F)F.[Cu]. The third-order valence-corrected chi connectivity index (χ3v) is 4.52. The van der Waals surface area contributed by atoms with Crippen molar-refractivity contribution in [2.75, 3.05) is 0 Å². The molecule has 1 radical (unpaired) electrons. The van der Waals surface area contributed by atoms with Crippen molar-refractivity contribution >= 4 is 21.1 Å². The Labute approximate surface area is 124 Å². The van der Waals surface area contributed by atoms with E-state index in [0.717, 1.165) is 0 Å². The van der Waals surface area contributed by atoms with Gasteiger partial charge in [-0.3, -0.25) is 9.59 Å². The van der Waals surface area contributed by atoms with E-state index < -0.39 is 39.0 Å². The van der Waals surface area contributed by atoms with Gasteiger partial charge in [0.25, 0.3) is 0 Å². The Balaban J connectivity index is 0. The van der Waals surface area contributed by atoms with Crippen LogP contribution in [-0.4, -0.2) is 39.0 Å². The third-order valence-electron chi connectivity index (χ3n) is 2.48. The second-order valence-corrected chi connectivity index (χ2v) is 6.40. The van der Waals surface area contributed by atoms with Gasteiger partial charge in [0.1, 0.15) is 0 Å². The summed E-state index contributed by atoms with van der Waals surface area (Å²) in [7, 11) is -2.13. The third kappa shape index (κ3) is 5.41. The smallest absolute Gasteiger partial charge is 0.289 e. The van der Waals surface area contributed by atoms with Crippen LogP contribution in [0.3, 0.4) is 0 Å². The average molecular weight is 370 g/mol. The first-order chi connectivity index (χ1) is 8.31. The Morgan fingerprint density at radius 3 is 1.70 bits per heavy atom. The molecule has 0 bridgehead atoms. The molecule has 0 heterocycles.